The molecule has 1 heterocycles. The van der Waals surface area contributed by atoms with Crippen LogP contribution in [0.1, 0.15) is 37.4 Å². The number of benzene rings is 2. The molecule has 0 radical (unpaired) electrons. The highest BCUT2D eigenvalue weighted by molar-refractivity contribution is 5.88. The van der Waals surface area contributed by atoms with E-state index in [0.717, 1.165) is 37.4 Å². The lowest BCUT2D eigenvalue weighted by Gasteiger charge is -2.29. The lowest BCUT2D eigenvalue weighted by molar-refractivity contribution is -0.136. The SMILES string of the molecule is CC(C)CC(=O)NC(C(=O)N(C)Cc1ccc(N2CCOCC2)cc1)c1ccccc1. The number of ether oxygens (including phenoxy) is 1. The molecule has 0 aliphatic carbocycles. The van der Waals surface area contributed by atoms with Gasteiger partial charge in [-0.1, -0.05) is 56.3 Å². The average molecular weight is 424 g/mol. The molecule has 1 unspecified atom stereocenters. The molecule has 1 atom stereocenters. The Morgan fingerprint density at radius 1 is 1.03 bits per heavy atom. The highest BCUT2D eigenvalue weighted by Crippen LogP contribution is 2.20. The number of likely N-dealkylation sites (N-methyl/N-ethyl adjacent to an activating group) is 1. The van der Waals surface area contributed by atoms with Crippen LogP contribution < -0.4 is 10.2 Å². The number of nitrogens with zero attached hydrogens (tertiary/aromatic N) is 2. The molecule has 1 fully saturated rings. The standard InChI is InChI=1S/C25H33N3O3/c1-19(2)17-23(29)26-24(21-7-5-4-6-8-21)25(30)27(3)18-20-9-11-22(12-10-20)28-13-15-31-16-14-28/h4-12,19,24H,13-18H2,1-3H3,(H,26,29). The van der Waals surface area contributed by atoms with E-state index >= 15 is 0 Å². The molecule has 3 rings (SSSR count). The third kappa shape index (κ3) is 6.56. The van der Waals surface area contributed by atoms with Gasteiger partial charge in [0.1, 0.15) is 6.04 Å². The van der Waals surface area contributed by atoms with E-state index in [1.54, 1.807) is 11.9 Å². The zero-order chi connectivity index (χ0) is 22.2. The summed E-state index contributed by atoms with van der Waals surface area (Å²) in [7, 11) is 1.78. The Hall–Kier alpha value is -2.86. The van der Waals surface area contributed by atoms with Crippen molar-refractivity contribution in [1.29, 1.82) is 0 Å². The monoisotopic (exact) mass is 423 g/mol. The van der Waals surface area contributed by atoms with E-state index in [-0.39, 0.29) is 17.7 Å². The Bertz CT molecular complexity index is 846. The van der Waals surface area contributed by atoms with Crippen LogP contribution in [0, 0.1) is 5.92 Å². The normalized spacial score (nSPS) is 14.9. The van der Waals surface area contributed by atoms with Crippen molar-refractivity contribution in [3.05, 3.63) is 65.7 Å². The maximum absolute atomic E-state index is 13.3. The second-order valence-corrected chi connectivity index (χ2v) is 8.47. The van der Waals surface area contributed by atoms with Crippen molar-refractivity contribution in [1.82, 2.24) is 10.2 Å². The molecule has 1 saturated heterocycles. The number of carbonyl (C=O) groups is 2. The van der Waals surface area contributed by atoms with Crippen molar-refractivity contribution in [2.45, 2.75) is 32.9 Å². The van der Waals surface area contributed by atoms with Crippen molar-refractivity contribution in [3.8, 4) is 0 Å². The fourth-order valence-electron chi connectivity index (χ4n) is 3.73. The minimum Gasteiger partial charge on any atom is -0.378 e. The molecule has 2 aromatic carbocycles. The molecular formula is C25H33N3O3. The van der Waals surface area contributed by atoms with Gasteiger partial charge in [0.15, 0.2) is 0 Å². The number of hydrogen-bond acceptors (Lipinski definition) is 4. The Labute approximate surface area is 185 Å². The van der Waals surface area contributed by atoms with E-state index in [4.69, 9.17) is 4.74 Å². The third-order valence-electron chi connectivity index (χ3n) is 5.39. The summed E-state index contributed by atoms with van der Waals surface area (Å²) < 4.78 is 5.42. The maximum Gasteiger partial charge on any atom is 0.249 e. The van der Waals surface area contributed by atoms with E-state index in [1.807, 2.05) is 44.2 Å². The van der Waals surface area contributed by atoms with Crippen molar-refractivity contribution in [3.63, 3.8) is 0 Å². The van der Waals surface area contributed by atoms with Crippen LogP contribution in [0.2, 0.25) is 0 Å². The molecule has 1 N–H and O–H groups in total. The molecular weight excluding hydrogens is 390 g/mol. The lowest BCUT2D eigenvalue weighted by atomic mass is 10.0. The molecule has 1 aliphatic heterocycles. The number of amides is 2. The topological polar surface area (TPSA) is 61.9 Å². The molecule has 0 bridgehead atoms. The summed E-state index contributed by atoms with van der Waals surface area (Å²) in [6, 6.07) is 17.0. The van der Waals surface area contributed by atoms with Crippen LogP contribution in [0.15, 0.2) is 54.6 Å². The van der Waals surface area contributed by atoms with Crippen LogP contribution in [-0.4, -0.2) is 50.1 Å². The quantitative estimate of drug-likeness (QED) is 0.707. The van der Waals surface area contributed by atoms with Crippen molar-refractivity contribution >= 4 is 17.5 Å². The second-order valence-electron chi connectivity index (χ2n) is 8.47. The predicted octanol–water partition coefficient (Wildman–Crippen LogP) is 3.39. The van der Waals surface area contributed by atoms with Crippen molar-refractivity contribution in [2.75, 3.05) is 38.3 Å². The molecule has 6 heteroatoms. The Kier molecular flexibility index (Phi) is 8.06. The van der Waals surface area contributed by atoms with Gasteiger partial charge in [-0.3, -0.25) is 9.59 Å². The predicted molar refractivity (Wildman–Crippen MR) is 123 cm³/mol. The number of morpholine rings is 1. The van der Waals surface area contributed by atoms with Gasteiger partial charge in [0, 0.05) is 38.8 Å². The zero-order valence-electron chi connectivity index (χ0n) is 18.7. The van der Waals surface area contributed by atoms with Gasteiger partial charge in [-0.15, -0.1) is 0 Å². The summed E-state index contributed by atoms with van der Waals surface area (Å²) in [5.41, 5.74) is 3.01. The van der Waals surface area contributed by atoms with Crippen LogP contribution in [0.3, 0.4) is 0 Å². The second kappa shape index (κ2) is 11.0. The first-order valence-electron chi connectivity index (χ1n) is 10.9. The molecule has 166 valence electrons. The van der Waals surface area contributed by atoms with Crippen LogP contribution in [0.25, 0.3) is 0 Å². The van der Waals surface area contributed by atoms with Gasteiger partial charge in [0.2, 0.25) is 11.8 Å². The average Bonchev–Trinajstić information content (AvgIpc) is 2.78. The minimum absolute atomic E-state index is 0.111. The molecule has 0 saturated carbocycles. The lowest BCUT2D eigenvalue weighted by Crippen LogP contribution is -2.41. The summed E-state index contributed by atoms with van der Waals surface area (Å²) in [6.45, 7) is 7.76. The summed E-state index contributed by atoms with van der Waals surface area (Å²) in [5.74, 6) is -0.00438. The smallest absolute Gasteiger partial charge is 0.249 e. The van der Waals surface area contributed by atoms with Gasteiger partial charge in [-0.05, 0) is 29.2 Å². The van der Waals surface area contributed by atoms with E-state index in [0.29, 0.717) is 13.0 Å². The highest BCUT2D eigenvalue weighted by atomic mass is 16.5. The maximum atomic E-state index is 13.3. The van der Waals surface area contributed by atoms with Gasteiger partial charge in [-0.2, -0.15) is 0 Å². The van der Waals surface area contributed by atoms with Crippen LogP contribution >= 0.6 is 0 Å². The summed E-state index contributed by atoms with van der Waals surface area (Å²) >= 11 is 0. The van der Waals surface area contributed by atoms with Crippen LogP contribution in [-0.2, 0) is 20.9 Å². The van der Waals surface area contributed by atoms with Crippen molar-refractivity contribution in [2.24, 2.45) is 5.92 Å². The van der Waals surface area contributed by atoms with Crippen LogP contribution in [0.5, 0.6) is 0 Å². The third-order valence-corrected chi connectivity index (χ3v) is 5.39. The van der Waals surface area contributed by atoms with E-state index in [9.17, 15) is 9.59 Å². The number of anilines is 1. The summed E-state index contributed by atoms with van der Waals surface area (Å²) in [6.07, 6.45) is 0.392. The number of nitrogens with one attached hydrogen (secondary N) is 1. The molecule has 31 heavy (non-hydrogen) atoms. The van der Waals surface area contributed by atoms with E-state index in [2.05, 4.69) is 34.5 Å². The fraction of sp³-hybridized carbons (Fsp3) is 0.440. The molecule has 1 aliphatic rings. The van der Waals surface area contributed by atoms with Crippen molar-refractivity contribution < 1.29 is 14.3 Å². The summed E-state index contributed by atoms with van der Waals surface area (Å²) in [4.78, 5) is 29.7. The van der Waals surface area contributed by atoms with Gasteiger partial charge in [0.05, 0.1) is 13.2 Å². The van der Waals surface area contributed by atoms with E-state index in [1.165, 1.54) is 5.69 Å². The molecule has 0 spiro atoms. The molecule has 2 amide bonds. The Balaban J connectivity index is 1.68. The fourth-order valence-corrected chi connectivity index (χ4v) is 3.73. The first-order chi connectivity index (χ1) is 14.9. The minimum atomic E-state index is -0.690. The van der Waals surface area contributed by atoms with Gasteiger partial charge >= 0.3 is 0 Å². The molecule has 0 aromatic heterocycles. The molecule has 6 nitrogen and oxygen atoms in total. The highest BCUT2D eigenvalue weighted by Gasteiger charge is 2.26. The van der Waals surface area contributed by atoms with Gasteiger partial charge < -0.3 is 19.9 Å². The molecule has 2 aromatic rings. The first-order valence-corrected chi connectivity index (χ1v) is 10.9. The van der Waals surface area contributed by atoms with E-state index < -0.39 is 6.04 Å². The zero-order valence-corrected chi connectivity index (χ0v) is 18.7. The van der Waals surface area contributed by atoms with Gasteiger partial charge in [-0.25, -0.2) is 0 Å². The number of carbonyl (C=O) groups excluding carboxylic acids is 2. The number of hydrogen-bond donors (Lipinski definition) is 1. The Morgan fingerprint density at radius 2 is 1.68 bits per heavy atom. The largest absolute Gasteiger partial charge is 0.378 e. The van der Waals surface area contributed by atoms with Gasteiger partial charge in [0.25, 0.3) is 0 Å². The van der Waals surface area contributed by atoms with Crippen LogP contribution in [0.4, 0.5) is 5.69 Å². The first kappa shape index (κ1) is 22.8. The Morgan fingerprint density at radius 3 is 2.29 bits per heavy atom. The number of rotatable bonds is 8. The summed E-state index contributed by atoms with van der Waals surface area (Å²) in [5, 5.41) is 2.93.